The molecule has 0 aliphatic carbocycles. The molecule has 0 fully saturated rings. The lowest BCUT2D eigenvalue weighted by Gasteiger charge is -2.18. The molecule has 0 radical (unpaired) electrons. The quantitative estimate of drug-likeness (QED) is 0.853. The average molecular weight is 244 g/mol. The molecule has 0 saturated carbocycles. The van der Waals surface area contributed by atoms with Crippen LogP contribution in [0.1, 0.15) is 45.1 Å². The van der Waals surface area contributed by atoms with E-state index >= 15 is 0 Å². The lowest BCUT2D eigenvalue weighted by atomic mass is 9.87. The van der Waals surface area contributed by atoms with Crippen LogP contribution in [0.25, 0.3) is 11.4 Å². The van der Waals surface area contributed by atoms with Crippen LogP contribution in [0.2, 0.25) is 0 Å². The van der Waals surface area contributed by atoms with Crippen LogP contribution >= 0.6 is 0 Å². The van der Waals surface area contributed by atoms with Gasteiger partial charge in [0, 0.05) is 5.56 Å². The van der Waals surface area contributed by atoms with E-state index in [-0.39, 0.29) is 11.5 Å². The van der Waals surface area contributed by atoms with Crippen LogP contribution in [0.3, 0.4) is 0 Å². The van der Waals surface area contributed by atoms with Gasteiger partial charge in [0.25, 0.3) is 0 Å². The maximum Gasteiger partial charge on any atom is 0.181 e. The Balaban J connectivity index is 2.29. The molecule has 1 heterocycles. The molecule has 1 aromatic heterocycles. The van der Waals surface area contributed by atoms with Crippen molar-refractivity contribution in [2.24, 2.45) is 5.73 Å². The van der Waals surface area contributed by atoms with Gasteiger partial charge in [-0.05, 0) is 17.9 Å². The number of nitrogens with one attached hydrogen (secondary N) is 1. The van der Waals surface area contributed by atoms with Crippen molar-refractivity contribution in [1.29, 1.82) is 0 Å². The van der Waals surface area contributed by atoms with Gasteiger partial charge in [0.2, 0.25) is 0 Å². The van der Waals surface area contributed by atoms with Gasteiger partial charge >= 0.3 is 0 Å². The first-order valence-electron chi connectivity index (χ1n) is 6.17. The first-order valence-corrected chi connectivity index (χ1v) is 6.17. The van der Waals surface area contributed by atoms with Crippen LogP contribution in [-0.4, -0.2) is 15.2 Å². The summed E-state index contributed by atoms with van der Waals surface area (Å²) in [5, 5.41) is 7.05. The predicted octanol–water partition coefficient (Wildman–Crippen LogP) is 2.79. The van der Waals surface area contributed by atoms with Gasteiger partial charge in [-0.25, -0.2) is 4.98 Å². The molecule has 0 spiro atoms. The molecule has 0 unspecified atom stereocenters. The summed E-state index contributed by atoms with van der Waals surface area (Å²) >= 11 is 0. The number of rotatable bonds is 2. The number of nitrogens with two attached hydrogens (primary N) is 1. The highest BCUT2D eigenvalue weighted by Gasteiger charge is 2.14. The van der Waals surface area contributed by atoms with E-state index in [1.54, 1.807) is 0 Å². The Bertz CT molecular complexity index is 517. The zero-order valence-electron chi connectivity index (χ0n) is 11.4. The van der Waals surface area contributed by atoms with Crippen molar-refractivity contribution in [2.75, 3.05) is 0 Å². The van der Waals surface area contributed by atoms with Crippen molar-refractivity contribution >= 4 is 0 Å². The Kier molecular flexibility index (Phi) is 3.22. The summed E-state index contributed by atoms with van der Waals surface area (Å²) in [5.41, 5.74) is 8.22. The first-order chi connectivity index (χ1) is 8.38. The summed E-state index contributed by atoms with van der Waals surface area (Å²) in [7, 11) is 0. The largest absolute Gasteiger partial charge is 0.322 e. The van der Waals surface area contributed by atoms with E-state index < -0.39 is 0 Å². The summed E-state index contributed by atoms with van der Waals surface area (Å²) in [5.74, 6) is 1.41. The monoisotopic (exact) mass is 244 g/mol. The molecule has 0 bridgehead atoms. The van der Waals surface area contributed by atoms with Crippen molar-refractivity contribution in [1.82, 2.24) is 15.2 Å². The minimum absolute atomic E-state index is 0.125. The van der Waals surface area contributed by atoms with Crippen molar-refractivity contribution in [3.8, 4) is 11.4 Å². The highest BCUT2D eigenvalue weighted by molar-refractivity contribution is 5.55. The standard InChI is InChI=1S/C14H20N4/c1-9(15)12-16-13(18-17-12)10-5-7-11(8-6-10)14(2,3)4/h5-9H,15H2,1-4H3,(H,16,17,18)/t9-/m1/s1. The summed E-state index contributed by atoms with van der Waals surface area (Å²) in [6.45, 7) is 8.47. The smallest absolute Gasteiger partial charge is 0.181 e. The molecule has 4 nitrogen and oxygen atoms in total. The van der Waals surface area contributed by atoms with E-state index in [1.807, 2.05) is 6.92 Å². The Hall–Kier alpha value is -1.68. The number of benzene rings is 1. The van der Waals surface area contributed by atoms with Crippen LogP contribution in [0, 0.1) is 0 Å². The SMILES string of the molecule is C[C@@H](N)c1nc(-c2ccc(C(C)(C)C)cc2)n[nH]1. The topological polar surface area (TPSA) is 67.6 Å². The van der Waals surface area contributed by atoms with Crippen LogP contribution in [0.15, 0.2) is 24.3 Å². The Labute approximate surface area is 108 Å². The molecule has 0 aliphatic rings. The van der Waals surface area contributed by atoms with Gasteiger partial charge in [-0.1, -0.05) is 45.0 Å². The average Bonchev–Trinajstić information content (AvgIpc) is 2.77. The van der Waals surface area contributed by atoms with E-state index in [2.05, 4.69) is 60.2 Å². The minimum Gasteiger partial charge on any atom is -0.322 e. The van der Waals surface area contributed by atoms with E-state index in [0.29, 0.717) is 11.6 Å². The maximum atomic E-state index is 5.75. The lowest BCUT2D eigenvalue weighted by molar-refractivity contribution is 0.590. The normalized spacial score (nSPS) is 13.6. The summed E-state index contributed by atoms with van der Waals surface area (Å²) in [6, 6.07) is 8.22. The second kappa shape index (κ2) is 4.53. The summed E-state index contributed by atoms with van der Waals surface area (Å²) in [4.78, 5) is 4.38. The molecule has 2 rings (SSSR count). The second-order valence-corrected chi connectivity index (χ2v) is 5.66. The van der Waals surface area contributed by atoms with Crippen LogP contribution < -0.4 is 5.73 Å². The molecule has 1 atom stereocenters. The second-order valence-electron chi connectivity index (χ2n) is 5.66. The fraction of sp³-hybridized carbons (Fsp3) is 0.429. The number of nitrogens with zero attached hydrogens (tertiary/aromatic N) is 2. The molecule has 4 heteroatoms. The van der Waals surface area contributed by atoms with E-state index in [4.69, 9.17) is 5.73 Å². The zero-order valence-corrected chi connectivity index (χ0v) is 11.4. The number of hydrogen-bond acceptors (Lipinski definition) is 3. The predicted molar refractivity (Wildman–Crippen MR) is 73.1 cm³/mol. The minimum atomic E-state index is -0.125. The van der Waals surface area contributed by atoms with Gasteiger partial charge in [0.05, 0.1) is 6.04 Å². The zero-order chi connectivity index (χ0) is 13.3. The highest BCUT2D eigenvalue weighted by atomic mass is 15.2. The van der Waals surface area contributed by atoms with Gasteiger partial charge < -0.3 is 5.73 Å². The fourth-order valence-electron chi connectivity index (χ4n) is 1.73. The Morgan fingerprint density at radius 2 is 1.78 bits per heavy atom. The van der Waals surface area contributed by atoms with Crippen molar-refractivity contribution in [2.45, 2.75) is 39.2 Å². The summed E-state index contributed by atoms with van der Waals surface area (Å²) in [6.07, 6.45) is 0. The van der Waals surface area contributed by atoms with Crippen LogP contribution in [0.4, 0.5) is 0 Å². The molecule has 3 N–H and O–H groups in total. The Morgan fingerprint density at radius 3 is 2.22 bits per heavy atom. The highest BCUT2D eigenvalue weighted by Crippen LogP contribution is 2.24. The van der Waals surface area contributed by atoms with Crippen LogP contribution in [0.5, 0.6) is 0 Å². The number of hydrogen-bond donors (Lipinski definition) is 2. The third kappa shape index (κ3) is 2.59. The third-order valence-corrected chi connectivity index (χ3v) is 2.94. The molecule has 2 aromatic rings. The molecule has 96 valence electrons. The van der Waals surface area contributed by atoms with Gasteiger partial charge in [0.15, 0.2) is 5.82 Å². The van der Waals surface area contributed by atoms with E-state index in [9.17, 15) is 0 Å². The molecular weight excluding hydrogens is 224 g/mol. The number of aromatic nitrogens is 3. The molecular formula is C14H20N4. The summed E-state index contributed by atoms with van der Waals surface area (Å²) < 4.78 is 0. The number of H-pyrrole nitrogens is 1. The van der Waals surface area contributed by atoms with Gasteiger partial charge in [0.1, 0.15) is 5.82 Å². The van der Waals surface area contributed by atoms with E-state index in [0.717, 1.165) is 5.56 Å². The van der Waals surface area contributed by atoms with Gasteiger partial charge in [-0.2, -0.15) is 5.10 Å². The third-order valence-electron chi connectivity index (χ3n) is 2.94. The molecule has 1 aromatic carbocycles. The molecule has 18 heavy (non-hydrogen) atoms. The van der Waals surface area contributed by atoms with Gasteiger partial charge in [-0.3, -0.25) is 5.10 Å². The van der Waals surface area contributed by atoms with Gasteiger partial charge in [-0.15, -0.1) is 0 Å². The van der Waals surface area contributed by atoms with E-state index in [1.165, 1.54) is 5.56 Å². The van der Waals surface area contributed by atoms with Crippen molar-refractivity contribution in [3.63, 3.8) is 0 Å². The lowest BCUT2D eigenvalue weighted by Crippen LogP contribution is -2.10. The fourth-order valence-corrected chi connectivity index (χ4v) is 1.73. The number of aromatic amines is 1. The Morgan fingerprint density at radius 1 is 1.17 bits per heavy atom. The van der Waals surface area contributed by atoms with Crippen LogP contribution in [-0.2, 0) is 5.41 Å². The molecule has 0 amide bonds. The molecule has 0 aliphatic heterocycles. The first kappa shape index (κ1) is 12.8. The van der Waals surface area contributed by atoms with Crippen molar-refractivity contribution in [3.05, 3.63) is 35.7 Å². The maximum absolute atomic E-state index is 5.75. The van der Waals surface area contributed by atoms with Crippen molar-refractivity contribution < 1.29 is 0 Å². The molecule has 0 saturated heterocycles.